The van der Waals surface area contributed by atoms with Crippen LogP contribution in [0.4, 0.5) is 4.39 Å². The van der Waals surface area contributed by atoms with Gasteiger partial charge >= 0.3 is 5.97 Å². The van der Waals surface area contributed by atoms with Crippen LogP contribution < -0.4 is 0 Å². The number of sulfonamides is 1. The van der Waals surface area contributed by atoms with Gasteiger partial charge in [0.2, 0.25) is 10.0 Å². The number of hydrogen-bond acceptors (Lipinski definition) is 6. The third-order valence-electron chi connectivity index (χ3n) is 4.23. The van der Waals surface area contributed by atoms with Gasteiger partial charge in [0, 0.05) is 31.7 Å². The number of esters is 1. The number of hydrogen-bond donors (Lipinski definition) is 0. The van der Waals surface area contributed by atoms with Crippen molar-refractivity contribution < 1.29 is 27.1 Å². The summed E-state index contributed by atoms with van der Waals surface area (Å²) in [5, 5.41) is 1.52. The molecule has 1 aliphatic rings. The maximum Gasteiger partial charge on any atom is 0.349 e. The van der Waals surface area contributed by atoms with Crippen LogP contribution in [0, 0.1) is 5.82 Å². The molecule has 1 fully saturated rings. The fraction of sp³-hybridized carbons (Fsp3) is 0.294. The lowest BCUT2D eigenvalue weighted by Gasteiger charge is -2.34. The molecule has 1 aromatic heterocycles. The Labute approximate surface area is 160 Å². The molecule has 0 saturated carbocycles. The Hall–Kier alpha value is -2.30. The summed E-state index contributed by atoms with van der Waals surface area (Å²) in [7, 11) is -2.68. The molecule has 0 N–H and O–H groups in total. The molecule has 0 unspecified atom stereocenters. The van der Waals surface area contributed by atoms with Crippen molar-refractivity contribution in [1.29, 1.82) is 0 Å². The molecular weight excluding hydrogens is 395 g/mol. The van der Waals surface area contributed by atoms with Gasteiger partial charge in [-0.05, 0) is 35.7 Å². The lowest BCUT2D eigenvalue weighted by atomic mass is 10.2. The van der Waals surface area contributed by atoms with E-state index in [2.05, 4.69) is 4.74 Å². The van der Waals surface area contributed by atoms with Gasteiger partial charge in [0.15, 0.2) is 0 Å². The number of thiophene rings is 1. The highest BCUT2D eigenvalue weighted by Gasteiger charge is 2.34. The fourth-order valence-electron chi connectivity index (χ4n) is 2.79. The SMILES string of the molecule is COC(=O)c1sccc1S(=O)(=O)N1CCN(C(=O)c2ccc(F)cc2)CC1. The summed E-state index contributed by atoms with van der Waals surface area (Å²) in [5.74, 6) is -1.41. The predicted molar refractivity (Wildman–Crippen MR) is 96.7 cm³/mol. The summed E-state index contributed by atoms with van der Waals surface area (Å²) in [6.07, 6.45) is 0. The average molecular weight is 412 g/mol. The van der Waals surface area contributed by atoms with Gasteiger partial charge in [0.05, 0.1) is 7.11 Å². The molecule has 2 heterocycles. The van der Waals surface area contributed by atoms with Crippen molar-refractivity contribution in [2.75, 3.05) is 33.3 Å². The van der Waals surface area contributed by atoms with E-state index in [0.717, 1.165) is 11.3 Å². The van der Waals surface area contributed by atoms with Crippen molar-refractivity contribution >= 4 is 33.2 Å². The van der Waals surface area contributed by atoms with Crippen LogP contribution in [0.5, 0.6) is 0 Å². The Morgan fingerprint density at radius 3 is 2.30 bits per heavy atom. The molecule has 0 bridgehead atoms. The van der Waals surface area contributed by atoms with E-state index in [9.17, 15) is 22.4 Å². The summed E-state index contributed by atoms with van der Waals surface area (Å²) in [5.41, 5.74) is 0.346. The Balaban J connectivity index is 1.72. The highest BCUT2D eigenvalue weighted by atomic mass is 32.2. The van der Waals surface area contributed by atoms with Gasteiger partial charge in [-0.25, -0.2) is 17.6 Å². The van der Waals surface area contributed by atoms with Gasteiger partial charge in [-0.2, -0.15) is 4.31 Å². The third-order valence-corrected chi connectivity index (χ3v) is 7.20. The standard InChI is InChI=1S/C17H17FN2O5S2/c1-25-17(22)15-14(6-11-26-15)27(23,24)20-9-7-19(8-10-20)16(21)12-2-4-13(18)5-3-12/h2-6,11H,7-10H2,1H3. The van der Waals surface area contributed by atoms with E-state index in [1.54, 1.807) is 0 Å². The smallest absolute Gasteiger partial charge is 0.349 e. The minimum Gasteiger partial charge on any atom is -0.465 e. The average Bonchev–Trinajstić information content (AvgIpc) is 3.18. The minimum absolute atomic E-state index is 0.0299. The van der Waals surface area contributed by atoms with Crippen LogP contribution in [0.25, 0.3) is 0 Å². The van der Waals surface area contributed by atoms with Crippen LogP contribution in [0.3, 0.4) is 0 Å². The molecule has 27 heavy (non-hydrogen) atoms. The molecule has 2 aromatic rings. The summed E-state index contributed by atoms with van der Waals surface area (Å²) >= 11 is 1.00. The number of amides is 1. The highest BCUT2D eigenvalue weighted by molar-refractivity contribution is 7.89. The van der Waals surface area contributed by atoms with E-state index >= 15 is 0 Å². The van der Waals surface area contributed by atoms with Gasteiger partial charge in [-0.15, -0.1) is 11.3 Å². The number of rotatable bonds is 4. The van der Waals surface area contributed by atoms with Crippen LogP contribution >= 0.6 is 11.3 Å². The number of ether oxygens (including phenoxy) is 1. The highest BCUT2D eigenvalue weighted by Crippen LogP contribution is 2.27. The molecule has 0 atom stereocenters. The molecule has 7 nitrogen and oxygen atoms in total. The quantitative estimate of drug-likeness (QED) is 0.716. The van der Waals surface area contributed by atoms with Crippen LogP contribution in [0.2, 0.25) is 0 Å². The molecule has 0 spiro atoms. The van der Waals surface area contributed by atoms with Crippen LogP contribution in [0.15, 0.2) is 40.6 Å². The lowest BCUT2D eigenvalue weighted by Crippen LogP contribution is -2.50. The number of carbonyl (C=O) groups is 2. The van der Waals surface area contributed by atoms with Crippen molar-refractivity contribution in [3.63, 3.8) is 0 Å². The van der Waals surface area contributed by atoms with Crippen molar-refractivity contribution in [2.45, 2.75) is 4.90 Å². The van der Waals surface area contributed by atoms with Crippen LogP contribution in [0.1, 0.15) is 20.0 Å². The van der Waals surface area contributed by atoms with Crippen molar-refractivity contribution in [1.82, 2.24) is 9.21 Å². The second kappa shape index (κ2) is 7.75. The first-order chi connectivity index (χ1) is 12.8. The first kappa shape index (κ1) is 19.5. The van der Waals surface area contributed by atoms with Crippen molar-refractivity contribution in [2.24, 2.45) is 0 Å². The van der Waals surface area contributed by atoms with Gasteiger partial charge in [-0.3, -0.25) is 4.79 Å². The predicted octanol–water partition coefficient (Wildman–Crippen LogP) is 1.82. The topological polar surface area (TPSA) is 84.0 Å². The largest absolute Gasteiger partial charge is 0.465 e. The van der Waals surface area contributed by atoms with E-state index in [1.165, 1.54) is 52.0 Å². The second-order valence-corrected chi connectivity index (χ2v) is 8.63. The number of benzene rings is 1. The molecule has 1 aromatic carbocycles. The Morgan fingerprint density at radius 2 is 1.70 bits per heavy atom. The monoisotopic (exact) mass is 412 g/mol. The Morgan fingerprint density at radius 1 is 1.07 bits per heavy atom. The van der Waals surface area contributed by atoms with Crippen molar-refractivity contribution in [3.05, 3.63) is 52.0 Å². The fourth-order valence-corrected chi connectivity index (χ4v) is 5.52. The molecule has 10 heteroatoms. The minimum atomic E-state index is -3.87. The van der Waals surface area contributed by atoms with Crippen LogP contribution in [-0.2, 0) is 14.8 Å². The number of methoxy groups -OCH3 is 1. The zero-order chi connectivity index (χ0) is 19.6. The molecule has 1 aliphatic heterocycles. The van der Waals surface area contributed by atoms with Crippen molar-refractivity contribution in [3.8, 4) is 0 Å². The van der Waals surface area contributed by atoms with Gasteiger partial charge in [-0.1, -0.05) is 0 Å². The molecule has 1 amide bonds. The van der Waals surface area contributed by atoms with Gasteiger partial charge < -0.3 is 9.64 Å². The normalized spacial score (nSPS) is 15.6. The molecule has 0 aliphatic carbocycles. The summed E-state index contributed by atoms with van der Waals surface area (Å²) in [6, 6.07) is 6.59. The van der Waals surface area contributed by atoms with E-state index in [4.69, 9.17) is 0 Å². The maximum atomic E-state index is 13.0. The Bertz CT molecular complexity index is 948. The van der Waals surface area contributed by atoms with Gasteiger partial charge in [0.1, 0.15) is 15.6 Å². The maximum absolute atomic E-state index is 13.0. The number of carbonyl (C=O) groups excluding carboxylic acids is 2. The zero-order valence-electron chi connectivity index (χ0n) is 14.4. The number of piperazine rings is 1. The first-order valence-electron chi connectivity index (χ1n) is 8.05. The summed E-state index contributed by atoms with van der Waals surface area (Å²) in [4.78, 5) is 25.7. The molecule has 1 saturated heterocycles. The third kappa shape index (κ3) is 3.87. The molecular formula is C17H17FN2O5S2. The zero-order valence-corrected chi connectivity index (χ0v) is 16.1. The second-order valence-electron chi connectivity index (χ2n) is 5.81. The molecule has 0 radical (unpaired) electrons. The van der Waals surface area contributed by atoms with E-state index in [1.807, 2.05) is 0 Å². The molecule has 3 rings (SSSR count). The lowest BCUT2D eigenvalue weighted by molar-refractivity contribution is 0.0602. The first-order valence-corrected chi connectivity index (χ1v) is 10.4. The van der Waals surface area contributed by atoms with E-state index < -0.39 is 21.8 Å². The number of halogens is 1. The summed E-state index contributed by atoms with van der Waals surface area (Å²) < 4.78 is 44.6. The van der Waals surface area contributed by atoms with E-state index in [0.29, 0.717) is 5.56 Å². The molecule has 144 valence electrons. The van der Waals surface area contributed by atoms with Crippen LogP contribution in [-0.4, -0.2) is 62.8 Å². The summed E-state index contributed by atoms with van der Waals surface area (Å²) in [6.45, 7) is 0.609. The number of nitrogens with zero attached hydrogens (tertiary/aromatic N) is 2. The Kier molecular flexibility index (Phi) is 5.59. The van der Waals surface area contributed by atoms with Gasteiger partial charge in [0.25, 0.3) is 5.91 Å². The van der Waals surface area contributed by atoms with E-state index in [-0.39, 0.29) is 41.9 Å².